The third-order valence-corrected chi connectivity index (χ3v) is 3.23. The molecular weight excluding hydrogens is 228 g/mol. The average molecular weight is 252 g/mol. The van der Waals surface area contributed by atoms with Crippen molar-refractivity contribution in [2.24, 2.45) is 0 Å². The summed E-state index contributed by atoms with van der Waals surface area (Å²) in [6, 6.07) is 3.34. The molecule has 2 N–H and O–H groups in total. The van der Waals surface area contributed by atoms with Crippen molar-refractivity contribution >= 4 is 0 Å². The van der Waals surface area contributed by atoms with E-state index in [2.05, 4.69) is 29.6 Å². The van der Waals surface area contributed by atoms with Gasteiger partial charge in [-0.25, -0.2) is 0 Å². The summed E-state index contributed by atoms with van der Waals surface area (Å²) in [5.41, 5.74) is 0. The van der Waals surface area contributed by atoms with E-state index in [0.29, 0.717) is 18.1 Å². The van der Waals surface area contributed by atoms with Gasteiger partial charge in [-0.15, -0.1) is 0 Å². The SMILES string of the molecule is CC(CC1COCCN1)NC(C)Cn1cccn1. The van der Waals surface area contributed by atoms with E-state index >= 15 is 0 Å². The number of hydrogen-bond acceptors (Lipinski definition) is 4. The molecule has 18 heavy (non-hydrogen) atoms. The highest BCUT2D eigenvalue weighted by Gasteiger charge is 2.17. The zero-order valence-electron chi connectivity index (χ0n) is 11.3. The Morgan fingerprint density at radius 3 is 3.06 bits per heavy atom. The van der Waals surface area contributed by atoms with Crippen LogP contribution >= 0.6 is 0 Å². The van der Waals surface area contributed by atoms with Crippen LogP contribution < -0.4 is 10.6 Å². The second kappa shape index (κ2) is 6.87. The summed E-state index contributed by atoms with van der Waals surface area (Å²) in [4.78, 5) is 0. The molecule has 5 nitrogen and oxygen atoms in total. The highest BCUT2D eigenvalue weighted by Crippen LogP contribution is 2.04. The van der Waals surface area contributed by atoms with Crippen molar-refractivity contribution in [2.75, 3.05) is 19.8 Å². The van der Waals surface area contributed by atoms with Gasteiger partial charge in [-0.05, 0) is 26.3 Å². The number of morpholine rings is 1. The molecule has 1 aliphatic rings. The first-order chi connectivity index (χ1) is 8.74. The summed E-state index contributed by atoms with van der Waals surface area (Å²) >= 11 is 0. The predicted octanol–water partition coefficient (Wildman–Crippen LogP) is 0.628. The summed E-state index contributed by atoms with van der Waals surface area (Å²) in [7, 11) is 0. The minimum atomic E-state index is 0.421. The molecule has 1 saturated heterocycles. The predicted molar refractivity (Wildman–Crippen MR) is 71.5 cm³/mol. The van der Waals surface area contributed by atoms with Gasteiger partial charge in [-0.3, -0.25) is 4.68 Å². The largest absolute Gasteiger partial charge is 0.379 e. The third kappa shape index (κ3) is 4.40. The van der Waals surface area contributed by atoms with Gasteiger partial charge in [0.15, 0.2) is 0 Å². The van der Waals surface area contributed by atoms with E-state index in [-0.39, 0.29) is 0 Å². The van der Waals surface area contributed by atoms with Crippen molar-refractivity contribution in [1.29, 1.82) is 0 Å². The van der Waals surface area contributed by atoms with E-state index in [1.165, 1.54) is 0 Å². The molecule has 0 amide bonds. The summed E-state index contributed by atoms with van der Waals surface area (Å²) in [6.45, 7) is 7.98. The van der Waals surface area contributed by atoms with Gasteiger partial charge in [0.2, 0.25) is 0 Å². The first-order valence-electron chi connectivity index (χ1n) is 6.78. The minimum Gasteiger partial charge on any atom is -0.379 e. The van der Waals surface area contributed by atoms with Crippen LogP contribution in [0.5, 0.6) is 0 Å². The first kappa shape index (κ1) is 13.5. The normalized spacial score (nSPS) is 23.8. The highest BCUT2D eigenvalue weighted by molar-refractivity contribution is 4.81. The number of aromatic nitrogens is 2. The van der Waals surface area contributed by atoms with Crippen LogP contribution in [0.2, 0.25) is 0 Å². The van der Waals surface area contributed by atoms with Crippen LogP contribution in [0.3, 0.4) is 0 Å². The molecular formula is C13H24N4O. The Balaban J connectivity index is 1.67. The second-order valence-corrected chi connectivity index (χ2v) is 5.16. The molecule has 1 aromatic rings. The lowest BCUT2D eigenvalue weighted by atomic mass is 10.1. The van der Waals surface area contributed by atoms with Crippen LogP contribution in [0.1, 0.15) is 20.3 Å². The summed E-state index contributed by atoms with van der Waals surface area (Å²) < 4.78 is 7.43. The lowest BCUT2D eigenvalue weighted by Gasteiger charge is -2.28. The zero-order chi connectivity index (χ0) is 12.8. The molecule has 0 spiro atoms. The summed E-state index contributed by atoms with van der Waals surface area (Å²) in [5.74, 6) is 0. The number of hydrogen-bond donors (Lipinski definition) is 2. The van der Waals surface area contributed by atoms with Crippen molar-refractivity contribution in [2.45, 2.75) is 44.9 Å². The molecule has 3 unspecified atom stereocenters. The van der Waals surface area contributed by atoms with E-state index < -0.39 is 0 Å². The van der Waals surface area contributed by atoms with Crippen LogP contribution in [0.4, 0.5) is 0 Å². The van der Waals surface area contributed by atoms with Crippen molar-refractivity contribution in [3.63, 3.8) is 0 Å². The molecule has 1 aromatic heterocycles. The van der Waals surface area contributed by atoms with Gasteiger partial charge in [0, 0.05) is 37.1 Å². The molecule has 0 radical (unpaired) electrons. The average Bonchev–Trinajstić information content (AvgIpc) is 2.82. The van der Waals surface area contributed by atoms with Crippen LogP contribution in [-0.4, -0.2) is 47.7 Å². The molecule has 1 fully saturated rings. The monoisotopic (exact) mass is 252 g/mol. The fourth-order valence-corrected chi connectivity index (χ4v) is 2.49. The van der Waals surface area contributed by atoms with Crippen LogP contribution in [-0.2, 0) is 11.3 Å². The summed E-state index contributed by atoms with van der Waals surface area (Å²) in [6.07, 6.45) is 4.92. The molecule has 0 bridgehead atoms. The maximum atomic E-state index is 5.47. The minimum absolute atomic E-state index is 0.421. The van der Waals surface area contributed by atoms with Gasteiger partial charge in [-0.2, -0.15) is 5.10 Å². The molecule has 0 aliphatic carbocycles. The number of ether oxygens (including phenoxy) is 1. The molecule has 3 atom stereocenters. The molecule has 5 heteroatoms. The Bertz CT molecular complexity index is 322. The Hall–Kier alpha value is -0.910. The Morgan fingerprint density at radius 1 is 1.50 bits per heavy atom. The van der Waals surface area contributed by atoms with Crippen LogP contribution in [0, 0.1) is 0 Å². The smallest absolute Gasteiger partial charge is 0.0620 e. The van der Waals surface area contributed by atoms with E-state index in [4.69, 9.17) is 4.74 Å². The molecule has 2 rings (SSSR count). The lowest BCUT2D eigenvalue weighted by molar-refractivity contribution is 0.0707. The Morgan fingerprint density at radius 2 is 2.39 bits per heavy atom. The van der Waals surface area contributed by atoms with Gasteiger partial charge >= 0.3 is 0 Å². The number of nitrogens with one attached hydrogen (secondary N) is 2. The van der Waals surface area contributed by atoms with E-state index in [1.54, 1.807) is 0 Å². The van der Waals surface area contributed by atoms with Gasteiger partial charge in [0.05, 0.1) is 19.8 Å². The Kier molecular flexibility index (Phi) is 5.16. The Labute approximate surface area is 109 Å². The maximum Gasteiger partial charge on any atom is 0.0620 e. The maximum absolute atomic E-state index is 5.47. The fraction of sp³-hybridized carbons (Fsp3) is 0.769. The van der Waals surface area contributed by atoms with E-state index in [9.17, 15) is 0 Å². The molecule has 2 heterocycles. The van der Waals surface area contributed by atoms with Crippen molar-refractivity contribution in [1.82, 2.24) is 20.4 Å². The highest BCUT2D eigenvalue weighted by atomic mass is 16.5. The first-order valence-corrected chi connectivity index (χ1v) is 6.78. The third-order valence-electron chi connectivity index (χ3n) is 3.23. The van der Waals surface area contributed by atoms with Crippen molar-refractivity contribution in [3.8, 4) is 0 Å². The van der Waals surface area contributed by atoms with Gasteiger partial charge in [0.1, 0.15) is 0 Å². The van der Waals surface area contributed by atoms with E-state index in [0.717, 1.165) is 32.7 Å². The number of nitrogens with zero attached hydrogens (tertiary/aromatic N) is 2. The topological polar surface area (TPSA) is 51.1 Å². The molecule has 102 valence electrons. The lowest BCUT2D eigenvalue weighted by Crippen LogP contribution is -2.46. The molecule has 0 saturated carbocycles. The standard InChI is InChI=1S/C13H24N4O/c1-11(8-13-10-18-7-5-14-13)16-12(2)9-17-6-3-4-15-17/h3-4,6,11-14,16H,5,7-10H2,1-2H3. The van der Waals surface area contributed by atoms with Gasteiger partial charge in [-0.1, -0.05) is 0 Å². The van der Waals surface area contributed by atoms with Crippen LogP contribution in [0.25, 0.3) is 0 Å². The second-order valence-electron chi connectivity index (χ2n) is 5.16. The van der Waals surface area contributed by atoms with Gasteiger partial charge in [0.25, 0.3) is 0 Å². The van der Waals surface area contributed by atoms with Crippen LogP contribution in [0.15, 0.2) is 18.5 Å². The molecule has 0 aromatic carbocycles. The van der Waals surface area contributed by atoms with E-state index in [1.807, 2.05) is 23.1 Å². The fourth-order valence-electron chi connectivity index (χ4n) is 2.49. The van der Waals surface area contributed by atoms with Crippen molar-refractivity contribution < 1.29 is 4.74 Å². The van der Waals surface area contributed by atoms with Crippen molar-refractivity contribution in [3.05, 3.63) is 18.5 Å². The quantitative estimate of drug-likeness (QED) is 0.779. The number of rotatable bonds is 6. The van der Waals surface area contributed by atoms with Gasteiger partial charge < -0.3 is 15.4 Å². The summed E-state index contributed by atoms with van der Waals surface area (Å²) in [5, 5.41) is 11.3. The zero-order valence-corrected chi connectivity index (χ0v) is 11.3. The molecule has 1 aliphatic heterocycles.